The largest absolute Gasteiger partial charge is 0.319 e. The molecule has 3 rings (SSSR count). The minimum atomic E-state index is -0.0934. The van der Waals surface area contributed by atoms with Crippen LogP contribution in [-0.2, 0) is 6.42 Å². The van der Waals surface area contributed by atoms with E-state index in [-0.39, 0.29) is 5.56 Å². The molecule has 1 aromatic carbocycles. The Kier molecular flexibility index (Phi) is 2.95. The molecule has 0 fully saturated rings. The van der Waals surface area contributed by atoms with Gasteiger partial charge in [-0.05, 0) is 48.6 Å². The van der Waals surface area contributed by atoms with E-state index in [1.54, 1.807) is 11.3 Å². The van der Waals surface area contributed by atoms with Crippen molar-refractivity contribution < 1.29 is 0 Å². The molecule has 1 N–H and O–H groups in total. The zero-order valence-electron chi connectivity index (χ0n) is 10.9. The molecule has 0 atom stereocenters. The van der Waals surface area contributed by atoms with Crippen molar-refractivity contribution >= 4 is 22.4 Å². The van der Waals surface area contributed by atoms with Crippen LogP contribution in [0.4, 0.5) is 0 Å². The molecule has 2 heterocycles. The molecule has 0 bridgehead atoms. The summed E-state index contributed by atoms with van der Waals surface area (Å²) < 4.78 is 0. The molecular formula is C15H14N2OS. The third kappa shape index (κ3) is 2.31. The molecule has 2 aromatic heterocycles. The first-order valence-electron chi connectivity index (χ1n) is 6.16. The van der Waals surface area contributed by atoms with E-state index in [1.165, 1.54) is 5.56 Å². The summed E-state index contributed by atoms with van der Waals surface area (Å²) in [7, 11) is 0. The number of hydrogen-bond donors (Lipinski definition) is 1. The third-order valence-electron chi connectivity index (χ3n) is 3.30. The van der Waals surface area contributed by atoms with Crippen molar-refractivity contribution in [2.45, 2.75) is 20.3 Å². The average Bonchev–Trinajstić information content (AvgIpc) is 2.86. The summed E-state index contributed by atoms with van der Waals surface area (Å²) in [5.74, 6) is 0. The minimum Gasteiger partial charge on any atom is -0.319 e. The second kappa shape index (κ2) is 4.63. The van der Waals surface area contributed by atoms with Crippen LogP contribution in [0.2, 0.25) is 0 Å². The van der Waals surface area contributed by atoms with E-state index in [1.807, 2.05) is 36.6 Å². The lowest BCUT2D eigenvalue weighted by Gasteiger charge is -2.05. The van der Waals surface area contributed by atoms with Crippen LogP contribution in [0.1, 0.15) is 21.7 Å². The Morgan fingerprint density at radius 3 is 2.79 bits per heavy atom. The van der Waals surface area contributed by atoms with Gasteiger partial charge in [-0.1, -0.05) is 6.07 Å². The number of nitrogens with one attached hydrogen (secondary N) is 1. The number of fused-ring (bicyclic) bond motifs is 1. The second-order valence-electron chi connectivity index (χ2n) is 4.72. The van der Waals surface area contributed by atoms with Crippen LogP contribution >= 0.6 is 11.3 Å². The van der Waals surface area contributed by atoms with E-state index >= 15 is 0 Å². The molecule has 0 saturated heterocycles. The highest BCUT2D eigenvalue weighted by Gasteiger charge is 2.07. The predicted octanol–water partition coefficient (Wildman–Crippen LogP) is 3.19. The maximum absolute atomic E-state index is 12.0. The molecule has 3 nitrogen and oxygen atoms in total. The van der Waals surface area contributed by atoms with Crippen molar-refractivity contribution in [2.75, 3.05) is 0 Å². The van der Waals surface area contributed by atoms with E-state index in [2.05, 4.69) is 16.9 Å². The number of rotatable bonds is 2. The Morgan fingerprint density at radius 1 is 1.26 bits per heavy atom. The zero-order valence-corrected chi connectivity index (χ0v) is 11.7. The standard InChI is InChI=1S/C15H14N2OS/c1-9-6-12-13(7-10(9)2)17-15(18)14(16-12)8-11-4-3-5-19-11/h3-7H,8H2,1-2H3,(H,17,18). The Labute approximate surface area is 115 Å². The van der Waals surface area contributed by atoms with E-state index < -0.39 is 0 Å². The van der Waals surface area contributed by atoms with Crippen molar-refractivity contribution in [1.29, 1.82) is 0 Å². The van der Waals surface area contributed by atoms with Crippen LogP contribution in [-0.4, -0.2) is 9.97 Å². The van der Waals surface area contributed by atoms with Gasteiger partial charge in [-0.3, -0.25) is 4.79 Å². The fourth-order valence-electron chi connectivity index (χ4n) is 2.08. The molecule has 96 valence electrons. The van der Waals surface area contributed by atoms with Gasteiger partial charge in [0.1, 0.15) is 5.69 Å². The van der Waals surface area contributed by atoms with Crippen molar-refractivity contribution in [3.05, 3.63) is 61.7 Å². The van der Waals surface area contributed by atoms with Crippen molar-refractivity contribution in [3.63, 3.8) is 0 Å². The quantitative estimate of drug-likeness (QED) is 0.777. The van der Waals surface area contributed by atoms with Gasteiger partial charge in [-0.2, -0.15) is 0 Å². The molecular weight excluding hydrogens is 256 g/mol. The van der Waals surface area contributed by atoms with E-state index in [0.29, 0.717) is 12.1 Å². The molecule has 3 aromatic rings. The minimum absolute atomic E-state index is 0.0934. The predicted molar refractivity (Wildman–Crippen MR) is 79.0 cm³/mol. The highest BCUT2D eigenvalue weighted by atomic mass is 32.1. The summed E-state index contributed by atoms with van der Waals surface area (Å²) in [6, 6.07) is 8.02. The normalized spacial score (nSPS) is 11.1. The number of aromatic amines is 1. The first-order chi connectivity index (χ1) is 9.13. The Bertz CT molecular complexity index is 788. The summed E-state index contributed by atoms with van der Waals surface area (Å²) in [4.78, 5) is 20.6. The van der Waals surface area contributed by atoms with E-state index in [4.69, 9.17) is 0 Å². The summed E-state index contributed by atoms with van der Waals surface area (Å²) in [6.07, 6.45) is 0.593. The van der Waals surface area contributed by atoms with Gasteiger partial charge in [0.05, 0.1) is 11.0 Å². The topological polar surface area (TPSA) is 45.8 Å². The molecule has 0 saturated carbocycles. The van der Waals surface area contributed by atoms with Gasteiger partial charge in [0.2, 0.25) is 0 Å². The Hall–Kier alpha value is -1.94. The molecule has 0 aliphatic rings. The second-order valence-corrected chi connectivity index (χ2v) is 5.75. The van der Waals surface area contributed by atoms with Gasteiger partial charge in [-0.15, -0.1) is 11.3 Å². The molecule has 0 unspecified atom stereocenters. The number of H-pyrrole nitrogens is 1. The highest BCUT2D eigenvalue weighted by molar-refractivity contribution is 7.09. The van der Waals surface area contributed by atoms with Crippen molar-refractivity contribution in [2.24, 2.45) is 0 Å². The van der Waals surface area contributed by atoms with Crippen molar-refractivity contribution in [1.82, 2.24) is 9.97 Å². The SMILES string of the molecule is Cc1cc2nc(Cc3cccs3)c(=O)[nH]c2cc1C. The molecule has 0 radical (unpaired) electrons. The summed E-state index contributed by atoms with van der Waals surface area (Å²) >= 11 is 1.64. The Morgan fingerprint density at radius 2 is 2.05 bits per heavy atom. The number of benzene rings is 1. The Balaban J connectivity index is 2.13. The monoisotopic (exact) mass is 270 g/mol. The maximum Gasteiger partial charge on any atom is 0.270 e. The van der Waals surface area contributed by atoms with Gasteiger partial charge >= 0.3 is 0 Å². The van der Waals surface area contributed by atoms with Gasteiger partial charge in [-0.25, -0.2) is 4.98 Å². The van der Waals surface area contributed by atoms with Crippen LogP contribution in [0.15, 0.2) is 34.4 Å². The maximum atomic E-state index is 12.0. The number of thiophene rings is 1. The van der Waals surface area contributed by atoms with Gasteiger partial charge < -0.3 is 4.98 Å². The van der Waals surface area contributed by atoms with Crippen LogP contribution < -0.4 is 5.56 Å². The number of hydrogen-bond acceptors (Lipinski definition) is 3. The molecule has 0 spiro atoms. The fraction of sp³-hybridized carbons (Fsp3) is 0.200. The lowest BCUT2D eigenvalue weighted by Crippen LogP contribution is -2.15. The van der Waals surface area contributed by atoms with Gasteiger partial charge in [0.15, 0.2) is 0 Å². The number of aryl methyl sites for hydroxylation is 2. The first kappa shape index (κ1) is 12.1. The van der Waals surface area contributed by atoms with Crippen molar-refractivity contribution in [3.8, 4) is 0 Å². The molecule has 4 heteroatoms. The summed E-state index contributed by atoms with van der Waals surface area (Å²) in [5, 5.41) is 2.01. The number of aromatic nitrogens is 2. The van der Waals surface area contributed by atoms with Crippen LogP contribution in [0.3, 0.4) is 0 Å². The first-order valence-corrected chi connectivity index (χ1v) is 7.04. The highest BCUT2D eigenvalue weighted by Crippen LogP contribution is 2.16. The van der Waals surface area contributed by atoms with Gasteiger partial charge in [0.25, 0.3) is 5.56 Å². The van der Waals surface area contributed by atoms with E-state index in [0.717, 1.165) is 21.5 Å². The number of nitrogens with zero attached hydrogens (tertiary/aromatic N) is 1. The molecule has 0 aliphatic heterocycles. The fourth-order valence-corrected chi connectivity index (χ4v) is 2.79. The molecule has 0 aliphatic carbocycles. The van der Waals surface area contributed by atoms with Crippen LogP contribution in [0, 0.1) is 13.8 Å². The van der Waals surface area contributed by atoms with Crippen LogP contribution in [0.25, 0.3) is 11.0 Å². The average molecular weight is 270 g/mol. The zero-order chi connectivity index (χ0) is 13.4. The smallest absolute Gasteiger partial charge is 0.270 e. The summed E-state index contributed by atoms with van der Waals surface area (Å²) in [5.41, 5.74) is 4.50. The lowest BCUT2D eigenvalue weighted by atomic mass is 10.1. The van der Waals surface area contributed by atoms with E-state index in [9.17, 15) is 4.79 Å². The summed E-state index contributed by atoms with van der Waals surface area (Å²) in [6.45, 7) is 4.09. The van der Waals surface area contributed by atoms with Gasteiger partial charge in [0, 0.05) is 11.3 Å². The molecule has 19 heavy (non-hydrogen) atoms. The van der Waals surface area contributed by atoms with Crippen LogP contribution in [0.5, 0.6) is 0 Å². The lowest BCUT2D eigenvalue weighted by molar-refractivity contribution is 1.04. The molecule has 0 amide bonds. The third-order valence-corrected chi connectivity index (χ3v) is 4.18.